The predicted molar refractivity (Wildman–Crippen MR) is 124 cm³/mol. The number of carboxylic acids is 2. The van der Waals surface area contributed by atoms with Crippen molar-refractivity contribution in [3.63, 3.8) is 0 Å². The van der Waals surface area contributed by atoms with Gasteiger partial charge in [0.15, 0.2) is 0 Å². The first-order valence-electron chi connectivity index (χ1n) is 11.4. The largest absolute Gasteiger partial charge is 0.481 e. The highest BCUT2D eigenvalue weighted by molar-refractivity contribution is 5.82. The van der Waals surface area contributed by atoms with Crippen LogP contribution in [0.1, 0.15) is 44.1 Å². The molecule has 4 atom stereocenters. The molecule has 174 valence electrons. The number of benzene rings is 2. The molecule has 1 saturated heterocycles. The highest BCUT2D eigenvalue weighted by Gasteiger charge is 2.56. The van der Waals surface area contributed by atoms with Gasteiger partial charge in [0.2, 0.25) is 5.91 Å². The van der Waals surface area contributed by atoms with E-state index in [0.29, 0.717) is 25.8 Å². The van der Waals surface area contributed by atoms with Crippen molar-refractivity contribution in [2.24, 2.45) is 5.92 Å². The van der Waals surface area contributed by atoms with Gasteiger partial charge in [-0.3, -0.25) is 19.3 Å². The minimum Gasteiger partial charge on any atom is -0.481 e. The van der Waals surface area contributed by atoms with E-state index in [1.54, 1.807) is 11.8 Å². The van der Waals surface area contributed by atoms with Crippen LogP contribution in [0.3, 0.4) is 0 Å². The Hall–Kier alpha value is -3.19. The molecule has 2 aliphatic rings. The summed E-state index contributed by atoms with van der Waals surface area (Å²) in [5, 5.41) is 21.9. The van der Waals surface area contributed by atoms with Gasteiger partial charge in [0.1, 0.15) is 6.04 Å². The highest BCUT2D eigenvalue weighted by Crippen LogP contribution is 2.55. The van der Waals surface area contributed by atoms with Crippen LogP contribution in [0, 0.1) is 5.92 Å². The normalized spacial score (nSPS) is 25.4. The van der Waals surface area contributed by atoms with Gasteiger partial charge in [-0.15, -0.1) is 0 Å². The van der Waals surface area contributed by atoms with Crippen molar-refractivity contribution in [3.05, 3.63) is 60.2 Å². The van der Waals surface area contributed by atoms with E-state index in [1.165, 1.54) is 0 Å². The van der Waals surface area contributed by atoms with E-state index in [4.69, 9.17) is 0 Å². The summed E-state index contributed by atoms with van der Waals surface area (Å²) >= 11 is 0. The maximum atomic E-state index is 12.9. The zero-order valence-corrected chi connectivity index (χ0v) is 18.7. The quantitative estimate of drug-likeness (QED) is 0.541. The molecule has 2 aromatic carbocycles. The highest BCUT2D eigenvalue weighted by atomic mass is 16.4. The Kier molecular flexibility index (Phi) is 6.51. The molecule has 7 heteroatoms. The Morgan fingerprint density at radius 1 is 1.06 bits per heavy atom. The molecule has 0 aromatic heterocycles. The zero-order chi connectivity index (χ0) is 23.6. The Bertz CT molecular complexity index is 1020. The fraction of sp³-hybridized carbons (Fsp3) is 0.423. The van der Waals surface area contributed by atoms with Crippen molar-refractivity contribution in [1.82, 2.24) is 10.2 Å². The SMILES string of the molecule is C[C@H](CC1(NC(=O)CN2CCC[C@H]2C(=O)O)C[C@H]1c1ccc(-c2ccccc2)cc1)C(=O)O. The van der Waals surface area contributed by atoms with Gasteiger partial charge in [-0.1, -0.05) is 61.5 Å². The second kappa shape index (κ2) is 9.35. The molecule has 0 radical (unpaired) electrons. The van der Waals surface area contributed by atoms with Crippen molar-refractivity contribution in [3.8, 4) is 11.1 Å². The van der Waals surface area contributed by atoms with Crippen LogP contribution in [0.5, 0.6) is 0 Å². The molecule has 1 unspecified atom stereocenters. The minimum absolute atomic E-state index is 0.0137. The summed E-state index contributed by atoms with van der Waals surface area (Å²) in [6.45, 7) is 2.25. The third-order valence-electron chi connectivity index (χ3n) is 6.97. The first-order valence-corrected chi connectivity index (χ1v) is 11.4. The molecule has 33 heavy (non-hydrogen) atoms. The molecule has 2 fully saturated rings. The summed E-state index contributed by atoms with van der Waals surface area (Å²) in [6.07, 6.45) is 2.30. The van der Waals surface area contributed by atoms with Crippen molar-refractivity contribution in [2.45, 2.75) is 50.1 Å². The van der Waals surface area contributed by atoms with E-state index < -0.39 is 29.4 Å². The Morgan fingerprint density at radius 2 is 1.73 bits per heavy atom. The van der Waals surface area contributed by atoms with Crippen LogP contribution in [0.25, 0.3) is 11.1 Å². The number of rotatable bonds is 9. The molecule has 0 spiro atoms. The van der Waals surface area contributed by atoms with Gasteiger partial charge in [0, 0.05) is 11.5 Å². The molecule has 4 rings (SSSR count). The van der Waals surface area contributed by atoms with Crippen LogP contribution in [0.2, 0.25) is 0 Å². The minimum atomic E-state index is -0.905. The lowest BCUT2D eigenvalue weighted by Crippen LogP contribution is -2.47. The summed E-state index contributed by atoms with van der Waals surface area (Å²) in [6, 6.07) is 17.6. The third-order valence-corrected chi connectivity index (χ3v) is 6.97. The summed E-state index contributed by atoms with van der Waals surface area (Å²) in [5.41, 5.74) is 2.67. The number of aliphatic carboxylic acids is 2. The summed E-state index contributed by atoms with van der Waals surface area (Å²) in [7, 11) is 0. The summed E-state index contributed by atoms with van der Waals surface area (Å²) in [4.78, 5) is 37.6. The molecule has 1 amide bonds. The number of nitrogens with zero attached hydrogens (tertiary/aromatic N) is 1. The van der Waals surface area contributed by atoms with Crippen LogP contribution in [0.15, 0.2) is 54.6 Å². The molecule has 1 heterocycles. The van der Waals surface area contributed by atoms with E-state index in [1.807, 2.05) is 42.5 Å². The van der Waals surface area contributed by atoms with Gasteiger partial charge >= 0.3 is 11.9 Å². The molecule has 3 N–H and O–H groups in total. The third kappa shape index (κ3) is 5.09. The molecular weight excluding hydrogens is 420 g/mol. The number of hydrogen-bond acceptors (Lipinski definition) is 4. The summed E-state index contributed by atoms with van der Waals surface area (Å²) in [5.74, 6) is -2.61. The average Bonchev–Trinajstić information content (AvgIpc) is 3.27. The number of hydrogen-bond donors (Lipinski definition) is 3. The van der Waals surface area contributed by atoms with Gasteiger partial charge in [-0.05, 0) is 48.9 Å². The molecular formula is C26H30N2O5. The van der Waals surface area contributed by atoms with Crippen LogP contribution < -0.4 is 5.32 Å². The number of carboxylic acid groups (broad SMARTS) is 2. The van der Waals surface area contributed by atoms with Crippen LogP contribution >= 0.6 is 0 Å². The predicted octanol–water partition coefficient (Wildman–Crippen LogP) is 3.36. The average molecular weight is 451 g/mol. The number of carbonyl (C=O) groups is 3. The van der Waals surface area contributed by atoms with Crippen molar-refractivity contribution in [2.75, 3.05) is 13.1 Å². The van der Waals surface area contributed by atoms with Crippen molar-refractivity contribution < 1.29 is 24.6 Å². The number of amides is 1. The molecule has 7 nitrogen and oxygen atoms in total. The zero-order valence-electron chi connectivity index (χ0n) is 18.7. The lowest BCUT2D eigenvalue weighted by molar-refractivity contribution is -0.143. The lowest BCUT2D eigenvalue weighted by atomic mass is 9.94. The smallest absolute Gasteiger partial charge is 0.320 e. The van der Waals surface area contributed by atoms with E-state index >= 15 is 0 Å². The number of carbonyl (C=O) groups excluding carboxylic acids is 1. The van der Waals surface area contributed by atoms with Gasteiger partial charge in [0.05, 0.1) is 12.5 Å². The standard InChI is InChI=1S/C26H30N2O5/c1-17(24(30)31)14-26(27-23(29)16-28-13-5-8-22(28)25(32)33)15-21(26)20-11-9-19(10-12-20)18-6-3-2-4-7-18/h2-4,6-7,9-12,17,21-22H,5,8,13-16H2,1H3,(H,27,29)(H,30,31)(H,32,33)/t17-,21+,22+,26?/m1/s1. The van der Waals surface area contributed by atoms with E-state index in [2.05, 4.69) is 17.4 Å². The maximum absolute atomic E-state index is 12.9. The van der Waals surface area contributed by atoms with Gasteiger partial charge in [0.25, 0.3) is 0 Å². The number of likely N-dealkylation sites (tertiary alicyclic amines) is 1. The Morgan fingerprint density at radius 3 is 2.36 bits per heavy atom. The van der Waals surface area contributed by atoms with E-state index in [0.717, 1.165) is 23.1 Å². The first-order chi connectivity index (χ1) is 15.8. The Labute approximate surface area is 193 Å². The van der Waals surface area contributed by atoms with Gasteiger partial charge in [-0.2, -0.15) is 0 Å². The lowest BCUT2D eigenvalue weighted by Gasteiger charge is -2.25. The monoisotopic (exact) mass is 450 g/mol. The van der Waals surface area contributed by atoms with Crippen molar-refractivity contribution >= 4 is 17.8 Å². The molecule has 0 bridgehead atoms. The van der Waals surface area contributed by atoms with E-state index in [9.17, 15) is 24.6 Å². The maximum Gasteiger partial charge on any atom is 0.320 e. The van der Waals surface area contributed by atoms with Gasteiger partial charge < -0.3 is 15.5 Å². The summed E-state index contributed by atoms with van der Waals surface area (Å²) < 4.78 is 0. The topological polar surface area (TPSA) is 107 Å². The Balaban J connectivity index is 1.48. The number of nitrogens with one attached hydrogen (secondary N) is 1. The molecule has 1 saturated carbocycles. The second-order valence-electron chi connectivity index (χ2n) is 9.36. The van der Waals surface area contributed by atoms with Crippen LogP contribution in [-0.4, -0.2) is 57.6 Å². The molecule has 2 aromatic rings. The molecule has 1 aliphatic heterocycles. The van der Waals surface area contributed by atoms with Gasteiger partial charge in [-0.25, -0.2) is 0 Å². The van der Waals surface area contributed by atoms with E-state index in [-0.39, 0.29) is 18.4 Å². The van der Waals surface area contributed by atoms with Crippen LogP contribution in [0.4, 0.5) is 0 Å². The fourth-order valence-electron chi connectivity index (χ4n) is 5.13. The van der Waals surface area contributed by atoms with Crippen molar-refractivity contribution in [1.29, 1.82) is 0 Å². The second-order valence-corrected chi connectivity index (χ2v) is 9.36. The first kappa shape index (κ1) is 23.0. The molecule has 1 aliphatic carbocycles. The fourth-order valence-corrected chi connectivity index (χ4v) is 5.13. The van der Waals surface area contributed by atoms with Crippen LogP contribution in [-0.2, 0) is 14.4 Å².